The molecule has 1 aliphatic rings. The van der Waals surface area contributed by atoms with Crippen LogP contribution in [0.15, 0.2) is 46.3 Å². The normalized spacial score (nSPS) is 15.5. The van der Waals surface area contributed by atoms with E-state index in [0.717, 1.165) is 16.6 Å². The third kappa shape index (κ3) is 3.16. The molecule has 0 unspecified atom stereocenters. The molecule has 2 heterocycles. The van der Waals surface area contributed by atoms with Gasteiger partial charge < -0.3 is 14.9 Å². The number of aromatic nitrogens is 2. The van der Waals surface area contributed by atoms with Crippen LogP contribution in [0.2, 0.25) is 0 Å². The zero-order valence-electron chi connectivity index (χ0n) is 15.3. The molecule has 1 aliphatic carbocycles. The largest absolute Gasteiger partial charge is 0.382 e. The highest BCUT2D eigenvalue weighted by molar-refractivity contribution is 7.98. The van der Waals surface area contributed by atoms with Crippen LogP contribution in [-0.2, 0) is 7.05 Å². The molecule has 0 spiro atoms. The highest BCUT2D eigenvalue weighted by Crippen LogP contribution is 2.36. The zero-order chi connectivity index (χ0) is 18.1. The second-order valence-electron chi connectivity index (χ2n) is 7.12. The number of nitrogens with zero attached hydrogens (tertiary/aromatic N) is 1. The smallest absolute Gasteiger partial charge is 0.274 e. The molecule has 4 rings (SSSR count). The number of fused-ring (bicyclic) bond motifs is 1. The van der Waals surface area contributed by atoms with Crippen LogP contribution < -0.4 is 10.9 Å². The fourth-order valence-corrected chi connectivity index (χ4v) is 4.39. The molecule has 2 N–H and O–H groups in total. The lowest BCUT2D eigenvalue weighted by atomic mass is 9.94. The van der Waals surface area contributed by atoms with Crippen LogP contribution in [0.25, 0.3) is 22.0 Å². The number of aromatic amines is 1. The van der Waals surface area contributed by atoms with Crippen LogP contribution >= 0.6 is 11.8 Å². The molecule has 0 saturated heterocycles. The van der Waals surface area contributed by atoms with Crippen molar-refractivity contribution in [1.29, 1.82) is 0 Å². The van der Waals surface area contributed by atoms with E-state index in [9.17, 15) is 4.79 Å². The Hall–Kier alpha value is -2.14. The Balaban J connectivity index is 1.86. The Labute approximate surface area is 158 Å². The highest BCUT2D eigenvalue weighted by atomic mass is 32.2. The molecule has 1 saturated carbocycles. The van der Waals surface area contributed by atoms with E-state index in [2.05, 4.69) is 34.8 Å². The zero-order valence-corrected chi connectivity index (χ0v) is 16.2. The summed E-state index contributed by atoms with van der Waals surface area (Å²) in [6, 6.07) is 9.15. The van der Waals surface area contributed by atoms with Crippen molar-refractivity contribution < 1.29 is 0 Å². The number of aryl methyl sites for hydroxylation is 1. The molecule has 0 bridgehead atoms. The highest BCUT2D eigenvalue weighted by Gasteiger charge is 2.18. The molecular formula is C21H25N3OS. The quantitative estimate of drug-likeness (QED) is 0.638. The maximum atomic E-state index is 12.4. The summed E-state index contributed by atoms with van der Waals surface area (Å²) in [5, 5.41) is 4.77. The molecule has 26 heavy (non-hydrogen) atoms. The fraction of sp³-hybridized carbons (Fsp3) is 0.381. The Morgan fingerprint density at radius 3 is 2.73 bits per heavy atom. The van der Waals surface area contributed by atoms with Gasteiger partial charge in [-0.3, -0.25) is 4.79 Å². The minimum atomic E-state index is 0.0107. The summed E-state index contributed by atoms with van der Waals surface area (Å²) in [7, 11) is 1.82. The molecular weight excluding hydrogens is 342 g/mol. The molecule has 136 valence electrons. The molecule has 0 amide bonds. The summed E-state index contributed by atoms with van der Waals surface area (Å²) in [6.07, 6.45) is 12.3. The van der Waals surface area contributed by atoms with Gasteiger partial charge in [0.2, 0.25) is 0 Å². The number of hydrogen-bond donors (Lipinski definition) is 2. The Kier molecular flexibility index (Phi) is 4.81. The van der Waals surface area contributed by atoms with Gasteiger partial charge in [0.05, 0.1) is 0 Å². The number of H-pyrrole nitrogens is 1. The van der Waals surface area contributed by atoms with E-state index in [4.69, 9.17) is 0 Å². The average Bonchev–Trinajstić information content (AvgIpc) is 3.16. The molecule has 2 aromatic heterocycles. The molecule has 0 radical (unpaired) electrons. The van der Waals surface area contributed by atoms with Gasteiger partial charge in [-0.25, -0.2) is 0 Å². The maximum Gasteiger partial charge on any atom is 0.274 e. The second kappa shape index (κ2) is 7.23. The average molecular weight is 368 g/mol. The van der Waals surface area contributed by atoms with Gasteiger partial charge in [-0.05, 0) is 43.4 Å². The summed E-state index contributed by atoms with van der Waals surface area (Å²) < 4.78 is 1.67. The molecule has 5 heteroatoms. The number of benzene rings is 1. The predicted molar refractivity (Wildman–Crippen MR) is 111 cm³/mol. The van der Waals surface area contributed by atoms with E-state index in [0.29, 0.717) is 11.6 Å². The van der Waals surface area contributed by atoms with Gasteiger partial charge >= 0.3 is 0 Å². The first kappa shape index (κ1) is 17.3. The number of hydrogen-bond acceptors (Lipinski definition) is 3. The third-order valence-electron chi connectivity index (χ3n) is 5.38. The van der Waals surface area contributed by atoms with Gasteiger partial charge in [-0.15, -0.1) is 11.8 Å². The number of nitrogens with one attached hydrogen (secondary N) is 2. The molecule has 1 aromatic carbocycles. The first-order valence-electron chi connectivity index (χ1n) is 9.29. The van der Waals surface area contributed by atoms with E-state index in [1.807, 2.05) is 25.5 Å². The maximum absolute atomic E-state index is 12.4. The first-order chi connectivity index (χ1) is 12.7. The van der Waals surface area contributed by atoms with Crippen LogP contribution in [0, 0.1) is 0 Å². The van der Waals surface area contributed by atoms with Gasteiger partial charge in [-0.2, -0.15) is 0 Å². The predicted octanol–water partition coefficient (Wildman–Crippen LogP) is 5.00. The lowest BCUT2D eigenvalue weighted by molar-refractivity contribution is 0.463. The summed E-state index contributed by atoms with van der Waals surface area (Å²) >= 11 is 1.74. The van der Waals surface area contributed by atoms with E-state index >= 15 is 0 Å². The van der Waals surface area contributed by atoms with Crippen LogP contribution in [-0.4, -0.2) is 21.8 Å². The second-order valence-corrected chi connectivity index (χ2v) is 8.00. The number of pyridine rings is 1. The Morgan fingerprint density at radius 1 is 1.15 bits per heavy atom. The van der Waals surface area contributed by atoms with Crippen molar-refractivity contribution in [3.8, 4) is 11.1 Å². The SMILES string of the molecule is CSc1ccc(NC2CCCCC2)c(-c2cn(C)c(=O)c3[nH]ccc23)c1. The summed E-state index contributed by atoms with van der Waals surface area (Å²) in [6.45, 7) is 0. The van der Waals surface area contributed by atoms with Crippen molar-refractivity contribution in [1.82, 2.24) is 9.55 Å². The fourth-order valence-electron chi connectivity index (χ4n) is 3.95. The standard InChI is InChI=1S/C21H25N3OS/c1-24-13-18(16-10-11-22-20(16)21(24)25)17-12-15(26-2)8-9-19(17)23-14-6-4-3-5-7-14/h8-14,22-23H,3-7H2,1-2H3. The van der Waals surface area contributed by atoms with Crippen LogP contribution in [0.4, 0.5) is 5.69 Å². The van der Waals surface area contributed by atoms with Gasteiger partial charge in [-0.1, -0.05) is 19.3 Å². The Morgan fingerprint density at radius 2 is 1.96 bits per heavy atom. The van der Waals surface area contributed by atoms with Crippen molar-refractivity contribution in [3.05, 3.63) is 47.0 Å². The minimum Gasteiger partial charge on any atom is -0.382 e. The molecule has 0 aliphatic heterocycles. The van der Waals surface area contributed by atoms with E-state index in [1.54, 1.807) is 16.3 Å². The first-order valence-corrected chi connectivity index (χ1v) is 10.5. The summed E-state index contributed by atoms with van der Waals surface area (Å²) in [4.78, 5) is 16.7. The van der Waals surface area contributed by atoms with Crippen LogP contribution in [0.3, 0.4) is 0 Å². The van der Waals surface area contributed by atoms with E-state index < -0.39 is 0 Å². The summed E-state index contributed by atoms with van der Waals surface area (Å²) in [5.41, 5.74) is 4.11. The molecule has 3 aromatic rings. The van der Waals surface area contributed by atoms with Crippen molar-refractivity contribution in [2.75, 3.05) is 11.6 Å². The van der Waals surface area contributed by atoms with Crippen molar-refractivity contribution in [2.45, 2.75) is 43.0 Å². The van der Waals surface area contributed by atoms with Crippen molar-refractivity contribution >= 4 is 28.4 Å². The van der Waals surface area contributed by atoms with E-state index in [-0.39, 0.29) is 5.56 Å². The number of thioether (sulfide) groups is 1. The number of anilines is 1. The van der Waals surface area contributed by atoms with Gasteiger partial charge in [0, 0.05) is 52.6 Å². The molecule has 4 nitrogen and oxygen atoms in total. The Bertz CT molecular complexity index is 983. The monoisotopic (exact) mass is 367 g/mol. The lowest BCUT2D eigenvalue weighted by Crippen LogP contribution is -2.22. The molecule has 1 fully saturated rings. The minimum absolute atomic E-state index is 0.0107. The lowest BCUT2D eigenvalue weighted by Gasteiger charge is -2.25. The topological polar surface area (TPSA) is 49.8 Å². The van der Waals surface area contributed by atoms with Crippen molar-refractivity contribution in [2.24, 2.45) is 7.05 Å². The van der Waals surface area contributed by atoms with Crippen LogP contribution in [0.1, 0.15) is 32.1 Å². The van der Waals surface area contributed by atoms with Gasteiger partial charge in [0.25, 0.3) is 5.56 Å². The van der Waals surface area contributed by atoms with E-state index in [1.165, 1.54) is 42.6 Å². The van der Waals surface area contributed by atoms with Crippen molar-refractivity contribution in [3.63, 3.8) is 0 Å². The molecule has 0 atom stereocenters. The number of rotatable bonds is 4. The summed E-state index contributed by atoms with van der Waals surface area (Å²) in [5.74, 6) is 0. The van der Waals surface area contributed by atoms with Crippen LogP contribution in [0.5, 0.6) is 0 Å². The van der Waals surface area contributed by atoms with Gasteiger partial charge in [0.1, 0.15) is 5.52 Å². The van der Waals surface area contributed by atoms with Gasteiger partial charge in [0.15, 0.2) is 0 Å². The third-order valence-corrected chi connectivity index (χ3v) is 6.10.